The summed E-state index contributed by atoms with van der Waals surface area (Å²) in [6.45, 7) is 12.1. The van der Waals surface area contributed by atoms with Crippen LogP contribution in [0.2, 0.25) is 0 Å². The van der Waals surface area contributed by atoms with Crippen molar-refractivity contribution in [3.05, 3.63) is 42.1 Å². The first-order chi connectivity index (χ1) is 20.5. The third-order valence-corrected chi connectivity index (χ3v) is 6.83. The van der Waals surface area contributed by atoms with Crippen LogP contribution in [0.5, 0.6) is 5.88 Å². The Bertz CT molecular complexity index is 1340. The number of para-hydroxylation sites is 1. The molecule has 1 saturated heterocycles. The van der Waals surface area contributed by atoms with Gasteiger partial charge in [0.2, 0.25) is 11.8 Å². The van der Waals surface area contributed by atoms with Crippen LogP contribution in [-0.4, -0.2) is 99.8 Å². The highest BCUT2D eigenvalue weighted by Gasteiger charge is 2.32. The molecule has 1 atom stereocenters. The Morgan fingerprint density at radius 2 is 1.57 bits per heavy atom. The predicted octanol–water partition coefficient (Wildman–Crippen LogP) is 3.16. The van der Waals surface area contributed by atoms with Gasteiger partial charge in [0.05, 0.1) is 12.3 Å². The third kappa shape index (κ3) is 9.81. The number of nitrogens with one attached hydrogen (secondary N) is 1. The van der Waals surface area contributed by atoms with Crippen LogP contribution >= 0.6 is 0 Å². The number of carboxylic acids is 1. The summed E-state index contributed by atoms with van der Waals surface area (Å²) >= 11 is 0. The maximum Gasteiger partial charge on any atom is 0.409 e. The molecular formula is C31H43N5O8. The average Bonchev–Trinajstić information content (AvgIpc) is 3.40. The number of rotatable bonds is 11. The Kier molecular flexibility index (Phi) is 11.1. The second-order valence-corrected chi connectivity index (χ2v) is 13.0. The molecule has 0 saturated carbocycles. The summed E-state index contributed by atoms with van der Waals surface area (Å²) < 4.78 is 12.5. The van der Waals surface area contributed by atoms with E-state index in [4.69, 9.17) is 9.47 Å². The number of hydrogen-bond acceptors (Lipinski definition) is 8. The van der Waals surface area contributed by atoms with E-state index in [1.807, 2.05) is 26.8 Å². The smallest absolute Gasteiger partial charge is 0.409 e. The summed E-state index contributed by atoms with van der Waals surface area (Å²) in [5.74, 6) is -2.28. The minimum atomic E-state index is -1.15. The van der Waals surface area contributed by atoms with Crippen LogP contribution in [0.15, 0.2) is 36.4 Å². The highest BCUT2D eigenvalue weighted by atomic mass is 16.6. The van der Waals surface area contributed by atoms with Gasteiger partial charge in [0, 0.05) is 44.1 Å². The van der Waals surface area contributed by atoms with Crippen LogP contribution in [0.1, 0.15) is 64.9 Å². The van der Waals surface area contributed by atoms with Crippen molar-refractivity contribution in [3.63, 3.8) is 0 Å². The number of benzene rings is 1. The minimum absolute atomic E-state index is 0.0772. The molecule has 13 nitrogen and oxygen atoms in total. The molecule has 13 heteroatoms. The van der Waals surface area contributed by atoms with Crippen LogP contribution in [0.4, 0.5) is 4.79 Å². The van der Waals surface area contributed by atoms with Crippen molar-refractivity contribution in [1.82, 2.24) is 24.9 Å². The van der Waals surface area contributed by atoms with Gasteiger partial charge in [-0.25, -0.2) is 9.48 Å². The van der Waals surface area contributed by atoms with Gasteiger partial charge in [0.15, 0.2) is 11.5 Å². The van der Waals surface area contributed by atoms with Crippen molar-refractivity contribution in [1.29, 1.82) is 0 Å². The summed E-state index contributed by atoms with van der Waals surface area (Å²) in [5.41, 5.74) is -0.307. The van der Waals surface area contributed by atoms with Crippen LogP contribution in [0.3, 0.4) is 0 Å². The number of amides is 3. The number of aliphatic carboxylic acids is 1. The molecule has 0 bridgehead atoms. The van der Waals surface area contributed by atoms with Gasteiger partial charge in [-0.2, -0.15) is 5.10 Å². The fourth-order valence-electron chi connectivity index (χ4n) is 4.14. The molecule has 1 aromatic heterocycles. The lowest BCUT2D eigenvalue weighted by Crippen LogP contribution is -2.56. The molecule has 3 amide bonds. The van der Waals surface area contributed by atoms with Crippen molar-refractivity contribution in [2.24, 2.45) is 10.8 Å². The number of Topliss-reactive ketones (excluding diaryl/α,β-unsaturated/α-hetero) is 1. The first kappa shape index (κ1) is 34.1. The maximum absolute atomic E-state index is 13.5. The lowest BCUT2D eigenvalue weighted by Gasteiger charge is -2.36. The number of carbonyl (C=O) groups excluding carboxylic acids is 4. The van der Waals surface area contributed by atoms with Gasteiger partial charge in [-0.05, 0) is 24.0 Å². The number of ether oxygens (including phenoxy) is 2. The first-order valence-electron chi connectivity index (χ1n) is 14.6. The van der Waals surface area contributed by atoms with E-state index in [0.29, 0.717) is 5.69 Å². The standard InChI is InChI=1S/C31H43N5O8/c1-30(2,3)20-44-29(42)35-16-14-34(15-17-35)28(41)22(12-13-26(38)39)32-27(40)23-18-25(43-19-24(37)31(4,5)6)36(33-23)21-10-8-7-9-11-21/h7-11,18,22H,12-17,19-20H2,1-6H3,(H,32,40)(H,38,39). The van der Waals surface area contributed by atoms with Crippen LogP contribution < -0.4 is 10.1 Å². The molecule has 2 N–H and O–H groups in total. The third-order valence-electron chi connectivity index (χ3n) is 6.83. The molecule has 3 rings (SSSR count). The molecule has 240 valence electrons. The Hall–Kier alpha value is -4.42. The number of nitrogens with zero attached hydrogens (tertiary/aromatic N) is 4. The van der Waals surface area contributed by atoms with E-state index in [2.05, 4.69) is 10.4 Å². The number of aromatic nitrogens is 2. The Balaban J connectivity index is 1.74. The maximum atomic E-state index is 13.5. The monoisotopic (exact) mass is 613 g/mol. The van der Waals surface area contributed by atoms with E-state index in [0.717, 1.165) is 0 Å². The van der Waals surface area contributed by atoms with E-state index < -0.39 is 35.3 Å². The fourth-order valence-corrected chi connectivity index (χ4v) is 4.14. The fraction of sp³-hybridized carbons (Fsp3) is 0.548. The molecule has 1 unspecified atom stereocenters. The molecule has 2 heterocycles. The zero-order valence-corrected chi connectivity index (χ0v) is 26.3. The largest absolute Gasteiger partial charge is 0.481 e. The molecule has 2 aromatic rings. The highest BCUT2D eigenvalue weighted by Crippen LogP contribution is 2.22. The molecule has 44 heavy (non-hydrogen) atoms. The van der Waals surface area contributed by atoms with E-state index in [1.165, 1.54) is 20.5 Å². The van der Waals surface area contributed by atoms with Crippen molar-refractivity contribution in [2.75, 3.05) is 39.4 Å². The summed E-state index contributed by atoms with van der Waals surface area (Å²) in [6.07, 6.45) is -0.951. The number of hydrogen-bond donors (Lipinski definition) is 2. The van der Waals surface area contributed by atoms with Gasteiger partial charge in [-0.1, -0.05) is 59.7 Å². The second kappa shape index (κ2) is 14.4. The molecule has 0 spiro atoms. The van der Waals surface area contributed by atoms with Gasteiger partial charge in [0.1, 0.15) is 12.6 Å². The minimum Gasteiger partial charge on any atom is -0.481 e. The number of ketones is 1. The normalized spacial score (nSPS) is 14.5. The van der Waals surface area contributed by atoms with Crippen molar-refractivity contribution in [3.8, 4) is 11.6 Å². The first-order valence-corrected chi connectivity index (χ1v) is 14.6. The van der Waals surface area contributed by atoms with Crippen molar-refractivity contribution < 1.29 is 38.6 Å². The lowest BCUT2D eigenvalue weighted by molar-refractivity contribution is -0.138. The Morgan fingerprint density at radius 1 is 0.955 bits per heavy atom. The highest BCUT2D eigenvalue weighted by molar-refractivity contribution is 5.96. The molecule has 1 fully saturated rings. The molecule has 0 aliphatic carbocycles. The molecule has 1 aromatic carbocycles. The second-order valence-electron chi connectivity index (χ2n) is 13.0. The van der Waals surface area contributed by atoms with E-state index >= 15 is 0 Å². The SMILES string of the molecule is CC(C)(C)COC(=O)N1CCN(C(=O)C(CCC(=O)O)NC(=O)c2cc(OCC(=O)C(C)(C)C)n(-c3ccccc3)n2)CC1. The summed E-state index contributed by atoms with van der Waals surface area (Å²) in [4.78, 5) is 66.2. The summed E-state index contributed by atoms with van der Waals surface area (Å²) in [5, 5.41) is 16.3. The molecular weight excluding hydrogens is 570 g/mol. The summed E-state index contributed by atoms with van der Waals surface area (Å²) in [6, 6.07) is 9.12. The van der Waals surface area contributed by atoms with Crippen molar-refractivity contribution in [2.45, 2.75) is 60.4 Å². The predicted molar refractivity (Wildman–Crippen MR) is 161 cm³/mol. The van der Waals surface area contributed by atoms with Gasteiger partial charge >= 0.3 is 12.1 Å². The van der Waals surface area contributed by atoms with Gasteiger partial charge in [-0.3, -0.25) is 19.2 Å². The average molecular weight is 614 g/mol. The lowest BCUT2D eigenvalue weighted by atomic mass is 9.91. The van der Waals surface area contributed by atoms with Crippen LogP contribution in [0, 0.1) is 10.8 Å². The molecule has 1 aliphatic rings. The Morgan fingerprint density at radius 3 is 2.14 bits per heavy atom. The summed E-state index contributed by atoms with van der Waals surface area (Å²) in [7, 11) is 0. The van der Waals surface area contributed by atoms with Gasteiger partial charge in [-0.15, -0.1) is 0 Å². The zero-order valence-electron chi connectivity index (χ0n) is 26.3. The van der Waals surface area contributed by atoms with E-state index in [-0.39, 0.29) is 75.0 Å². The topological polar surface area (TPSA) is 160 Å². The zero-order chi connectivity index (χ0) is 32.7. The van der Waals surface area contributed by atoms with Crippen molar-refractivity contribution >= 4 is 29.7 Å². The van der Waals surface area contributed by atoms with Gasteiger partial charge < -0.3 is 29.7 Å². The number of carbonyl (C=O) groups is 5. The number of piperazine rings is 1. The van der Waals surface area contributed by atoms with Gasteiger partial charge in [0.25, 0.3) is 5.91 Å². The quantitative estimate of drug-likeness (QED) is 0.388. The van der Waals surface area contributed by atoms with E-state index in [9.17, 15) is 29.1 Å². The molecule has 1 aliphatic heterocycles. The van der Waals surface area contributed by atoms with Crippen LogP contribution in [-0.2, 0) is 19.1 Å². The molecule has 0 radical (unpaired) electrons. The van der Waals surface area contributed by atoms with E-state index in [1.54, 1.807) is 45.0 Å². The van der Waals surface area contributed by atoms with Crippen LogP contribution in [0.25, 0.3) is 5.69 Å². The Labute approximate surface area is 257 Å². The number of carboxylic acid groups (broad SMARTS) is 1.